The molecule has 0 aliphatic heterocycles. The first-order valence-electron chi connectivity index (χ1n) is 6.28. The molecule has 0 saturated heterocycles. The van der Waals surface area contributed by atoms with Crippen LogP contribution in [0.15, 0.2) is 0 Å². The summed E-state index contributed by atoms with van der Waals surface area (Å²) in [7, 11) is 1.33. The van der Waals surface area contributed by atoms with Crippen molar-refractivity contribution in [3.8, 4) is 0 Å². The molecule has 106 valence electrons. The number of rotatable bonds is 6. The first kappa shape index (κ1) is 16.9. The molecular formula is C13H26N2O3. The van der Waals surface area contributed by atoms with Crippen LogP contribution in [0.3, 0.4) is 0 Å². The second-order valence-electron chi connectivity index (χ2n) is 5.62. The van der Waals surface area contributed by atoms with E-state index >= 15 is 0 Å². The van der Waals surface area contributed by atoms with E-state index in [1.807, 2.05) is 34.6 Å². The van der Waals surface area contributed by atoms with Gasteiger partial charge in [-0.05, 0) is 34.6 Å². The predicted octanol–water partition coefficient (Wildman–Crippen LogP) is 1.17. The van der Waals surface area contributed by atoms with Crippen molar-refractivity contribution in [1.82, 2.24) is 10.2 Å². The molecule has 0 aromatic carbocycles. The number of hydrogen-bond acceptors (Lipinski definition) is 4. The zero-order valence-electron chi connectivity index (χ0n) is 12.4. The van der Waals surface area contributed by atoms with Gasteiger partial charge in [-0.2, -0.15) is 0 Å². The second-order valence-corrected chi connectivity index (χ2v) is 5.62. The first-order valence-corrected chi connectivity index (χ1v) is 6.28. The summed E-state index contributed by atoms with van der Waals surface area (Å²) < 4.78 is 4.59. The highest BCUT2D eigenvalue weighted by Crippen LogP contribution is 2.03. The van der Waals surface area contributed by atoms with Gasteiger partial charge in [0.05, 0.1) is 7.11 Å². The van der Waals surface area contributed by atoms with Gasteiger partial charge in [0.1, 0.15) is 6.54 Å². The predicted molar refractivity (Wildman–Crippen MR) is 71.2 cm³/mol. The Kier molecular flexibility index (Phi) is 6.91. The van der Waals surface area contributed by atoms with Crippen LogP contribution in [0.5, 0.6) is 0 Å². The molecule has 0 radical (unpaired) electrons. The van der Waals surface area contributed by atoms with Crippen LogP contribution < -0.4 is 5.32 Å². The van der Waals surface area contributed by atoms with Crippen LogP contribution in [0.1, 0.15) is 41.0 Å². The van der Waals surface area contributed by atoms with Gasteiger partial charge in [-0.1, -0.05) is 0 Å². The molecule has 1 amide bonds. The highest BCUT2D eigenvalue weighted by Gasteiger charge is 2.20. The molecule has 0 heterocycles. The Hall–Kier alpha value is -1.10. The third kappa shape index (κ3) is 7.27. The number of carbonyl (C=O) groups excluding carboxylic acids is 2. The van der Waals surface area contributed by atoms with E-state index in [4.69, 9.17) is 0 Å². The molecule has 0 rings (SSSR count). The summed E-state index contributed by atoms with van der Waals surface area (Å²) in [5, 5.41) is 3.25. The lowest BCUT2D eigenvalue weighted by Crippen LogP contribution is -2.43. The van der Waals surface area contributed by atoms with Crippen molar-refractivity contribution in [3.63, 3.8) is 0 Å². The minimum atomic E-state index is -0.388. The summed E-state index contributed by atoms with van der Waals surface area (Å²) in [4.78, 5) is 24.8. The molecule has 0 aromatic rings. The second kappa shape index (κ2) is 7.36. The van der Waals surface area contributed by atoms with E-state index in [0.29, 0.717) is 13.0 Å². The van der Waals surface area contributed by atoms with Crippen molar-refractivity contribution in [3.05, 3.63) is 0 Å². The molecule has 5 heteroatoms. The minimum Gasteiger partial charge on any atom is -0.468 e. The monoisotopic (exact) mass is 258 g/mol. The number of esters is 1. The van der Waals surface area contributed by atoms with E-state index in [-0.39, 0.29) is 30.0 Å². The maximum Gasteiger partial charge on any atom is 0.325 e. The molecule has 0 saturated carbocycles. The Bertz CT molecular complexity index is 282. The molecule has 1 N–H and O–H groups in total. The SMILES string of the molecule is COC(=O)CN(C(=O)CCNC(C)(C)C)C(C)C. The number of carbonyl (C=O) groups is 2. The van der Waals surface area contributed by atoms with Gasteiger partial charge < -0.3 is 15.0 Å². The minimum absolute atomic E-state index is 0.00811. The molecule has 0 fully saturated rings. The molecule has 0 aliphatic rings. The molecule has 0 unspecified atom stereocenters. The van der Waals surface area contributed by atoms with Gasteiger partial charge >= 0.3 is 5.97 Å². The zero-order chi connectivity index (χ0) is 14.3. The highest BCUT2D eigenvalue weighted by molar-refractivity contribution is 5.82. The van der Waals surface area contributed by atoms with E-state index in [0.717, 1.165) is 0 Å². The lowest BCUT2D eigenvalue weighted by molar-refractivity contribution is -0.148. The number of methoxy groups -OCH3 is 1. The van der Waals surface area contributed by atoms with Crippen molar-refractivity contribution < 1.29 is 14.3 Å². The lowest BCUT2D eigenvalue weighted by Gasteiger charge is -2.26. The number of nitrogens with zero attached hydrogens (tertiary/aromatic N) is 1. The standard InChI is InChI=1S/C13H26N2O3/c1-10(2)15(9-12(17)18-6)11(16)7-8-14-13(3,4)5/h10,14H,7-9H2,1-6H3. The van der Waals surface area contributed by atoms with Crippen molar-refractivity contribution in [2.45, 2.75) is 52.6 Å². The normalized spacial score (nSPS) is 11.5. The average Bonchev–Trinajstić information content (AvgIpc) is 2.22. The molecular weight excluding hydrogens is 232 g/mol. The molecule has 18 heavy (non-hydrogen) atoms. The summed E-state index contributed by atoms with van der Waals surface area (Å²) in [6, 6.07) is -0.00811. The highest BCUT2D eigenvalue weighted by atomic mass is 16.5. The maximum atomic E-state index is 12.0. The Morgan fingerprint density at radius 3 is 2.22 bits per heavy atom. The Morgan fingerprint density at radius 2 is 1.83 bits per heavy atom. The van der Waals surface area contributed by atoms with Crippen molar-refractivity contribution in [2.75, 3.05) is 20.2 Å². The number of nitrogens with one attached hydrogen (secondary N) is 1. The maximum absolute atomic E-state index is 12.0. The third-order valence-corrected chi connectivity index (χ3v) is 2.47. The molecule has 0 bridgehead atoms. The van der Waals surface area contributed by atoms with E-state index < -0.39 is 0 Å². The fourth-order valence-corrected chi connectivity index (χ4v) is 1.45. The number of amides is 1. The van der Waals surface area contributed by atoms with E-state index in [9.17, 15) is 9.59 Å². The molecule has 0 spiro atoms. The van der Waals surface area contributed by atoms with Gasteiger partial charge in [0.2, 0.25) is 5.91 Å². The Morgan fingerprint density at radius 1 is 1.28 bits per heavy atom. The molecule has 0 atom stereocenters. The van der Waals surface area contributed by atoms with Crippen molar-refractivity contribution in [2.24, 2.45) is 0 Å². The van der Waals surface area contributed by atoms with Crippen LogP contribution >= 0.6 is 0 Å². The van der Waals surface area contributed by atoms with Crippen LogP contribution in [-0.2, 0) is 14.3 Å². The summed E-state index contributed by atoms with van der Waals surface area (Å²) in [5.41, 5.74) is -0.00864. The quantitative estimate of drug-likeness (QED) is 0.727. The topological polar surface area (TPSA) is 58.6 Å². The summed E-state index contributed by atoms with van der Waals surface area (Å²) >= 11 is 0. The number of ether oxygens (including phenoxy) is 1. The van der Waals surface area contributed by atoms with Crippen molar-refractivity contribution >= 4 is 11.9 Å². The van der Waals surface area contributed by atoms with Crippen LogP contribution in [0.4, 0.5) is 0 Å². The fourth-order valence-electron chi connectivity index (χ4n) is 1.45. The van der Waals surface area contributed by atoms with Gasteiger partial charge in [-0.15, -0.1) is 0 Å². The average molecular weight is 258 g/mol. The van der Waals surface area contributed by atoms with Crippen LogP contribution in [0.25, 0.3) is 0 Å². The molecule has 0 aliphatic carbocycles. The molecule has 5 nitrogen and oxygen atoms in total. The Balaban J connectivity index is 4.28. The van der Waals surface area contributed by atoms with Gasteiger partial charge in [0, 0.05) is 24.5 Å². The van der Waals surface area contributed by atoms with E-state index in [1.54, 1.807) is 0 Å². The van der Waals surface area contributed by atoms with Crippen molar-refractivity contribution in [1.29, 1.82) is 0 Å². The Labute approximate surface area is 110 Å². The van der Waals surface area contributed by atoms with Crippen LogP contribution in [-0.4, -0.2) is 48.6 Å². The molecule has 0 aromatic heterocycles. The van der Waals surface area contributed by atoms with Crippen LogP contribution in [0.2, 0.25) is 0 Å². The number of hydrogen-bond donors (Lipinski definition) is 1. The van der Waals surface area contributed by atoms with E-state index in [2.05, 4.69) is 10.1 Å². The summed E-state index contributed by atoms with van der Waals surface area (Å²) in [5.74, 6) is -0.423. The fraction of sp³-hybridized carbons (Fsp3) is 0.846. The third-order valence-electron chi connectivity index (χ3n) is 2.47. The zero-order valence-corrected chi connectivity index (χ0v) is 12.4. The van der Waals surface area contributed by atoms with Gasteiger partial charge in [0.25, 0.3) is 0 Å². The van der Waals surface area contributed by atoms with Crippen LogP contribution in [0, 0.1) is 0 Å². The largest absolute Gasteiger partial charge is 0.468 e. The van der Waals surface area contributed by atoms with Gasteiger partial charge in [0.15, 0.2) is 0 Å². The summed E-state index contributed by atoms with van der Waals surface area (Å²) in [6.45, 7) is 10.5. The van der Waals surface area contributed by atoms with E-state index in [1.165, 1.54) is 12.0 Å². The van der Waals surface area contributed by atoms with Gasteiger partial charge in [-0.25, -0.2) is 0 Å². The lowest BCUT2D eigenvalue weighted by atomic mass is 10.1. The smallest absolute Gasteiger partial charge is 0.325 e. The first-order chi connectivity index (χ1) is 8.17. The van der Waals surface area contributed by atoms with Gasteiger partial charge in [-0.3, -0.25) is 9.59 Å². The summed E-state index contributed by atoms with van der Waals surface area (Å²) in [6.07, 6.45) is 0.381.